The van der Waals surface area contributed by atoms with Gasteiger partial charge in [-0.05, 0) is 48.1 Å². The van der Waals surface area contributed by atoms with Gasteiger partial charge in [-0.3, -0.25) is 9.59 Å². The zero-order valence-corrected chi connectivity index (χ0v) is 22.2. The molecule has 0 spiro atoms. The number of rotatable bonds is 16. The Hall–Kier alpha value is -3.94. The van der Waals surface area contributed by atoms with E-state index in [2.05, 4.69) is 17.2 Å². The molecule has 2 amide bonds. The molecule has 3 rings (SSSR count). The minimum Gasteiger partial charge on any atom is -0.489 e. The molecule has 0 saturated heterocycles. The van der Waals surface area contributed by atoms with Gasteiger partial charge in [0.25, 0.3) is 0 Å². The summed E-state index contributed by atoms with van der Waals surface area (Å²) in [6, 6.07) is 26.1. The third-order valence-electron chi connectivity index (χ3n) is 6.38. The van der Waals surface area contributed by atoms with Crippen molar-refractivity contribution < 1.29 is 24.5 Å². The van der Waals surface area contributed by atoms with Crippen LogP contribution in [0.2, 0.25) is 0 Å². The highest BCUT2D eigenvalue weighted by Gasteiger charge is 2.24. The van der Waals surface area contributed by atoms with Gasteiger partial charge in [0, 0.05) is 6.42 Å². The Labute approximate surface area is 230 Å². The average molecular weight is 531 g/mol. The maximum absolute atomic E-state index is 13.0. The molecule has 39 heavy (non-hydrogen) atoms. The largest absolute Gasteiger partial charge is 0.489 e. The van der Waals surface area contributed by atoms with Crippen LogP contribution in [0.25, 0.3) is 0 Å². The summed E-state index contributed by atoms with van der Waals surface area (Å²) >= 11 is 0. The van der Waals surface area contributed by atoms with E-state index in [1.54, 1.807) is 6.08 Å². The summed E-state index contributed by atoms with van der Waals surface area (Å²) in [5.74, 6) is -0.548. The number of nitrogens with one attached hydrogen (secondary N) is 2. The second-order valence-corrected chi connectivity index (χ2v) is 9.57. The predicted octanol–water partition coefficient (Wildman–Crippen LogP) is 3.59. The van der Waals surface area contributed by atoms with Crippen LogP contribution in [0.5, 0.6) is 5.75 Å². The third-order valence-corrected chi connectivity index (χ3v) is 6.38. The first-order valence-corrected chi connectivity index (χ1v) is 13.2. The quantitative estimate of drug-likeness (QED) is 0.212. The van der Waals surface area contributed by atoms with Crippen molar-refractivity contribution in [2.75, 3.05) is 13.2 Å². The minimum atomic E-state index is -0.638. The molecule has 0 radical (unpaired) electrons. The third kappa shape index (κ3) is 10.4. The Balaban J connectivity index is 1.50. The lowest BCUT2D eigenvalue weighted by molar-refractivity contribution is -0.131. The van der Waals surface area contributed by atoms with Gasteiger partial charge < -0.3 is 25.6 Å². The molecule has 0 aliphatic rings. The summed E-state index contributed by atoms with van der Waals surface area (Å²) in [6.45, 7) is 3.74. The number of ether oxygens (including phenoxy) is 1. The molecule has 3 aromatic rings. The van der Waals surface area contributed by atoms with Gasteiger partial charge in [0.1, 0.15) is 12.4 Å². The number of aliphatic hydroxyl groups is 2. The highest BCUT2D eigenvalue weighted by Crippen LogP contribution is 2.16. The van der Waals surface area contributed by atoms with E-state index in [9.17, 15) is 19.8 Å². The number of allylic oxidation sites excluding steroid dienone is 1. The maximum Gasteiger partial charge on any atom is 0.224 e. The number of hydrogen-bond acceptors (Lipinski definition) is 5. The molecule has 0 heterocycles. The van der Waals surface area contributed by atoms with Crippen LogP contribution in [-0.4, -0.2) is 47.3 Å². The average Bonchev–Trinajstić information content (AvgIpc) is 2.96. The molecule has 206 valence electrons. The van der Waals surface area contributed by atoms with E-state index in [1.807, 2.05) is 84.9 Å². The van der Waals surface area contributed by atoms with E-state index in [0.29, 0.717) is 25.9 Å². The van der Waals surface area contributed by atoms with Crippen molar-refractivity contribution in [3.05, 3.63) is 114 Å². The molecule has 0 bridgehead atoms. The number of carbonyl (C=O) groups is 2. The van der Waals surface area contributed by atoms with Gasteiger partial charge in [-0.2, -0.15) is 0 Å². The fourth-order valence-electron chi connectivity index (χ4n) is 4.28. The number of aliphatic hydroxyl groups excluding tert-OH is 2. The first-order chi connectivity index (χ1) is 19.0. The van der Waals surface area contributed by atoms with Crippen LogP contribution in [-0.2, 0) is 29.0 Å². The van der Waals surface area contributed by atoms with Crippen LogP contribution in [0.4, 0.5) is 0 Å². The first kappa shape index (κ1) is 29.6. The normalized spacial score (nSPS) is 13.1. The van der Waals surface area contributed by atoms with Gasteiger partial charge in [0.2, 0.25) is 11.8 Å². The van der Waals surface area contributed by atoms with E-state index in [4.69, 9.17) is 4.74 Å². The van der Waals surface area contributed by atoms with Gasteiger partial charge in [-0.1, -0.05) is 78.9 Å². The predicted molar refractivity (Wildman–Crippen MR) is 152 cm³/mol. The summed E-state index contributed by atoms with van der Waals surface area (Å²) in [6.07, 6.45) is 2.79. The first-order valence-electron chi connectivity index (χ1n) is 13.2. The minimum absolute atomic E-state index is 0.0469. The van der Waals surface area contributed by atoms with Crippen molar-refractivity contribution in [2.45, 2.75) is 44.4 Å². The Bertz CT molecular complexity index is 1150. The van der Waals surface area contributed by atoms with Gasteiger partial charge in [0.05, 0.1) is 31.2 Å². The maximum atomic E-state index is 13.0. The zero-order chi connectivity index (χ0) is 27.9. The molecule has 0 aliphatic carbocycles. The molecule has 0 aromatic heterocycles. The second kappa shape index (κ2) is 16.1. The summed E-state index contributed by atoms with van der Waals surface area (Å²) in [5.41, 5.74) is 3.01. The lowest BCUT2D eigenvalue weighted by Gasteiger charge is -2.22. The molecule has 0 unspecified atom stereocenters. The summed E-state index contributed by atoms with van der Waals surface area (Å²) in [4.78, 5) is 25.7. The highest BCUT2D eigenvalue weighted by atomic mass is 16.5. The Kier molecular flexibility index (Phi) is 12.2. The summed E-state index contributed by atoms with van der Waals surface area (Å²) < 4.78 is 5.82. The Morgan fingerprint density at radius 1 is 0.769 bits per heavy atom. The summed E-state index contributed by atoms with van der Waals surface area (Å²) in [7, 11) is 0. The van der Waals surface area contributed by atoms with Crippen LogP contribution in [0.1, 0.15) is 29.5 Å². The van der Waals surface area contributed by atoms with E-state index in [-0.39, 0.29) is 31.4 Å². The lowest BCUT2D eigenvalue weighted by Crippen LogP contribution is -2.45. The van der Waals surface area contributed by atoms with Crippen molar-refractivity contribution in [1.29, 1.82) is 0 Å². The van der Waals surface area contributed by atoms with E-state index in [0.717, 1.165) is 22.4 Å². The van der Waals surface area contributed by atoms with Crippen molar-refractivity contribution >= 4 is 11.8 Å². The van der Waals surface area contributed by atoms with Crippen LogP contribution < -0.4 is 15.4 Å². The van der Waals surface area contributed by atoms with Crippen molar-refractivity contribution in [2.24, 2.45) is 5.92 Å². The number of amides is 2. The lowest BCUT2D eigenvalue weighted by atomic mass is 9.98. The molecule has 7 nitrogen and oxygen atoms in total. The van der Waals surface area contributed by atoms with Crippen LogP contribution in [0.3, 0.4) is 0 Å². The topological polar surface area (TPSA) is 108 Å². The fraction of sp³-hybridized carbons (Fsp3) is 0.312. The summed E-state index contributed by atoms with van der Waals surface area (Å²) in [5, 5.41) is 25.4. The van der Waals surface area contributed by atoms with Gasteiger partial charge in [-0.15, -0.1) is 6.58 Å². The monoisotopic (exact) mass is 530 g/mol. The van der Waals surface area contributed by atoms with Crippen LogP contribution in [0.15, 0.2) is 97.6 Å². The number of carbonyl (C=O) groups excluding carboxylic acids is 2. The molecule has 0 saturated carbocycles. The number of hydrogen-bond donors (Lipinski definition) is 4. The van der Waals surface area contributed by atoms with Crippen LogP contribution >= 0.6 is 0 Å². The Morgan fingerprint density at radius 2 is 1.31 bits per heavy atom. The van der Waals surface area contributed by atoms with Gasteiger partial charge in [-0.25, -0.2) is 0 Å². The smallest absolute Gasteiger partial charge is 0.224 e. The second-order valence-electron chi connectivity index (χ2n) is 9.57. The molecule has 0 aliphatic heterocycles. The molecular formula is C32H38N2O5. The number of benzene rings is 3. The van der Waals surface area contributed by atoms with Gasteiger partial charge in [0.15, 0.2) is 0 Å². The molecular weight excluding hydrogens is 492 g/mol. The standard InChI is InChI=1S/C32H38N2O5/c1-2-9-27(20-31(37)33-28(21-35)18-24-10-5-3-6-11-24)32(38)34-29(22-36)19-25-14-16-30(17-15-25)39-23-26-12-7-4-8-13-26/h2-8,10-17,27-29,35-36H,1,9,18-23H2,(H,33,37)(H,34,38)/t27-,28-,29+/m1/s1. The molecule has 0 fully saturated rings. The molecule has 7 heteroatoms. The van der Waals surface area contributed by atoms with Crippen LogP contribution in [0, 0.1) is 5.92 Å². The molecule has 3 atom stereocenters. The molecule has 4 N–H and O–H groups in total. The molecule has 3 aromatic carbocycles. The van der Waals surface area contributed by atoms with Crippen molar-refractivity contribution in [3.63, 3.8) is 0 Å². The SMILES string of the molecule is C=CC[C@H](CC(=O)N[C@@H](CO)Cc1ccccc1)C(=O)N[C@H](CO)Cc1ccc(OCc2ccccc2)cc1. The zero-order valence-electron chi connectivity index (χ0n) is 22.2. The fourth-order valence-corrected chi connectivity index (χ4v) is 4.28. The van der Waals surface area contributed by atoms with Crippen molar-refractivity contribution in [3.8, 4) is 5.75 Å². The Morgan fingerprint density at radius 3 is 1.87 bits per heavy atom. The van der Waals surface area contributed by atoms with Gasteiger partial charge >= 0.3 is 0 Å². The van der Waals surface area contributed by atoms with E-state index < -0.39 is 18.0 Å². The van der Waals surface area contributed by atoms with E-state index in [1.165, 1.54) is 0 Å². The van der Waals surface area contributed by atoms with Crippen molar-refractivity contribution in [1.82, 2.24) is 10.6 Å². The van der Waals surface area contributed by atoms with E-state index >= 15 is 0 Å². The highest BCUT2D eigenvalue weighted by molar-refractivity contribution is 5.86.